The van der Waals surface area contributed by atoms with Crippen molar-refractivity contribution in [2.24, 2.45) is 0 Å². The van der Waals surface area contributed by atoms with E-state index >= 15 is 0 Å². The van der Waals surface area contributed by atoms with Gasteiger partial charge in [0, 0.05) is 5.56 Å². The first-order valence-electron chi connectivity index (χ1n) is 6.38. The standard InChI is InChI=1S/C17H19BrO/c1-11-5-7-14(13(3)9-11)17(18)15-10-12(2)6-8-16(15)19-4/h5-10,17H,1-4H3. The quantitative estimate of drug-likeness (QED) is 0.715. The smallest absolute Gasteiger partial charge is 0.123 e. The summed E-state index contributed by atoms with van der Waals surface area (Å²) in [6.45, 7) is 6.37. The van der Waals surface area contributed by atoms with E-state index in [0.717, 1.165) is 5.75 Å². The number of benzene rings is 2. The number of hydrogen-bond donors (Lipinski definition) is 0. The van der Waals surface area contributed by atoms with Crippen molar-refractivity contribution in [2.45, 2.75) is 25.6 Å². The van der Waals surface area contributed by atoms with Crippen LogP contribution < -0.4 is 4.74 Å². The summed E-state index contributed by atoms with van der Waals surface area (Å²) in [4.78, 5) is 0.156. The zero-order chi connectivity index (χ0) is 14.0. The van der Waals surface area contributed by atoms with Crippen molar-refractivity contribution in [3.63, 3.8) is 0 Å². The zero-order valence-electron chi connectivity index (χ0n) is 11.8. The van der Waals surface area contributed by atoms with Crippen LogP contribution in [0.5, 0.6) is 5.75 Å². The van der Waals surface area contributed by atoms with Crippen LogP contribution in [0.15, 0.2) is 36.4 Å². The Balaban J connectivity index is 2.49. The Hall–Kier alpha value is -1.28. The molecule has 0 fully saturated rings. The van der Waals surface area contributed by atoms with Gasteiger partial charge in [-0.3, -0.25) is 0 Å². The van der Waals surface area contributed by atoms with Gasteiger partial charge in [0.2, 0.25) is 0 Å². The Bertz CT molecular complexity index is 590. The van der Waals surface area contributed by atoms with Gasteiger partial charge in [0.25, 0.3) is 0 Å². The summed E-state index contributed by atoms with van der Waals surface area (Å²) >= 11 is 3.82. The molecule has 19 heavy (non-hydrogen) atoms. The number of hydrogen-bond acceptors (Lipinski definition) is 1. The van der Waals surface area contributed by atoms with Crippen molar-refractivity contribution in [1.82, 2.24) is 0 Å². The van der Waals surface area contributed by atoms with Crippen LogP contribution in [-0.2, 0) is 0 Å². The van der Waals surface area contributed by atoms with E-state index in [1.165, 1.54) is 27.8 Å². The minimum atomic E-state index is 0.156. The van der Waals surface area contributed by atoms with Gasteiger partial charge in [0.05, 0.1) is 11.9 Å². The highest BCUT2D eigenvalue weighted by molar-refractivity contribution is 9.09. The first-order valence-corrected chi connectivity index (χ1v) is 7.30. The van der Waals surface area contributed by atoms with Crippen molar-refractivity contribution in [2.75, 3.05) is 7.11 Å². The lowest BCUT2D eigenvalue weighted by atomic mass is 9.97. The Morgan fingerprint density at radius 2 is 1.53 bits per heavy atom. The lowest BCUT2D eigenvalue weighted by molar-refractivity contribution is 0.410. The molecule has 0 amide bonds. The zero-order valence-corrected chi connectivity index (χ0v) is 13.4. The van der Waals surface area contributed by atoms with Crippen LogP contribution in [0.4, 0.5) is 0 Å². The lowest BCUT2D eigenvalue weighted by Crippen LogP contribution is -2.00. The average molecular weight is 319 g/mol. The number of ether oxygens (including phenoxy) is 1. The second kappa shape index (κ2) is 5.79. The SMILES string of the molecule is COc1ccc(C)cc1C(Br)c1ccc(C)cc1C. The molecular weight excluding hydrogens is 300 g/mol. The van der Waals surface area contributed by atoms with E-state index in [1.807, 2.05) is 6.07 Å². The topological polar surface area (TPSA) is 9.23 Å². The molecule has 0 aliphatic heterocycles. The molecule has 100 valence electrons. The summed E-state index contributed by atoms with van der Waals surface area (Å²) in [7, 11) is 1.72. The van der Waals surface area contributed by atoms with E-state index in [4.69, 9.17) is 4.74 Å². The van der Waals surface area contributed by atoms with Crippen LogP contribution in [0.2, 0.25) is 0 Å². The fourth-order valence-electron chi connectivity index (χ4n) is 2.33. The van der Waals surface area contributed by atoms with Crippen LogP contribution in [0, 0.1) is 20.8 Å². The van der Waals surface area contributed by atoms with E-state index in [2.05, 4.69) is 67.0 Å². The molecule has 0 radical (unpaired) electrons. The highest BCUT2D eigenvalue weighted by atomic mass is 79.9. The maximum absolute atomic E-state index is 5.48. The summed E-state index contributed by atoms with van der Waals surface area (Å²) in [5, 5.41) is 0. The molecule has 0 N–H and O–H groups in total. The van der Waals surface area contributed by atoms with E-state index in [9.17, 15) is 0 Å². The second-order valence-corrected chi connectivity index (χ2v) is 5.88. The van der Waals surface area contributed by atoms with Crippen LogP contribution in [0.25, 0.3) is 0 Å². The molecule has 0 saturated heterocycles. The maximum Gasteiger partial charge on any atom is 0.123 e. The van der Waals surface area contributed by atoms with E-state index < -0.39 is 0 Å². The van der Waals surface area contributed by atoms with E-state index in [-0.39, 0.29) is 4.83 Å². The Labute approximate surface area is 123 Å². The fourth-order valence-corrected chi connectivity index (χ4v) is 3.20. The predicted molar refractivity (Wildman–Crippen MR) is 84.4 cm³/mol. The van der Waals surface area contributed by atoms with Crippen molar-refractivity contribution in [3.8, 4) is 5.75 Å². The van der Waals surface area contributed by atoms with Gasteiger partial charge in [0.15, 0.2) is 0 Å². The monoisotopic (exact) mass is 318 g/mol. The molecule has 0 heterocycles. The molecule has 2 aromatic rings. The molecule has 0 aromatic heterocycles. The van der Waals surface area contributed by atoms with E-state index in [0.29, 0.717) is 0 Å². The molecule has 1 unspecified atom stereocenters. The normalized spacial score (nSPS) is 12.3. The molecule has 1 nitrogen and oxygen atoms in total. The highest BCUT2D eigenvalue weighted by Gasteiger charge is 2.17. The Morgan fingerprint density at radius 1 is 0.895 bits per heavy atom. The molecule has 2 aromatic carbocycles. The van der Waals surface area contributed by atoms with Gasteiger partial charge in [-0.25, -0.2) is 0 Å². The van der Waals surface area contributed by atoms with E-state index in [1.54, 1.807) is 7.11 Å². The molecular formula is C17H19BrO. The fraction of sp³-hybridized carbons (Fsp3) is 0.294. The number of alkyl halides is 1. The minimum absolute atomic E-state index is 0.156. The lowest BCUT2D eigenvalue weighted by Gasteiger charge is -2.17. The van der Waals surface area contributed by atoms with Crippen LogP contribution in [-0.4, -0.2) is 7.11 Å². The van der Waals surface area contributed by atoms with Gasteiger partial charge in [-0.05, 0) is 38.0 Å². The summed E-state index contributed by atoms with van der Waals surface area (Å²) in [6, 6.07) is 12.8. The van der Waals surface area contributed by atoms with Gasteiger partial charge in [-0.15, -0.1) is 0 Å². The molecule has 1 atom stereocenters. The Morgan fingerprint density at radius 3 is 2.16 bits per heavy atom. The van der Waals surface area contributed by atoms with Crippen molar-refractivity contribution in [3.05, 3.63) is 64.2 Å². The van der Waals surface area contributed by atoms with Crippen molar-refractivity contribution >= 4 is 15.9 Å². The number of aryl methyl sites for hydroxylation is 3. The van der Waals surface area contributed by atoms with Crippen LogP contribution in [0.3, 0.4) is 0 Å². The predicted octanol–water partition coefficient (Wildman–Crippen LogP) is 5.10. The molecule has 0 aliphatic rings. The minimum Gasteiger partial charge on any atom is -0.496 e. The van der Waals surface area contributed by atoms with Crippen LogP contribution >= 0.6 is 15.9 Å². The average Bonchev–Trinajstić information content (AvgIpc) is 2.38. The third-order valence-corrected chi connectivity index (χ3v) is 4.34. The molecule has 0 saturated carbocycles. The van der Waals surface area contributed by atoms with Crippen LogP contribution in [0.1, 0.15) is 32.6 Å². The molecule has 2 rings (SSSR count). The third-order valence-electron chi connectivity index (χ3n) is 3.36. The third kappa shape index (κ3) is 3.01. The van der Waals surface area contributed by atoms with Gasteiger partial charge in [-0.1, -0.05) is 57.4 Å². The number of rotatable bonds is 3. The summed E-state index contributed by atoms with van der Waals surface area (Å²) < 4.78 is 5.48. The number of methoxy groups -OCH3 is 1. The largest absolute Gasteiger partial charge is 0.496 e. The highest BCUT2D eigenvalue weighted by Crippen LogP contribution is 2.38. The maximum atomic E-state index is 5.48. The van der Waals surface area contributed by atoms with Gasteiger partial charge >= 0.3 is 0 Å². The molecule has 0 spiro atoms. The first kappa shape index (κ1) is 14.1. The van der Waals surface area contributed by atoms with Gasteiger partial charge in [0.1, 0.15) is 5.75 Å². The molecule has 0 aliphatic carbocycles. The van der Waals surface area contributed by atoms with Crippen molar-refractivity contribution < 1.29 is 4.74 Å². The summed E-state index contributed by atoms with van der Waals surface area (Å²) in [6.07, 6.45) is 0. The Kier molecular flexibility index (Phi) is 4.31. The first-order chi connectivity index (χ1) is 9.02. The van der Waals surface area contributed by atoms with Crippen molar-refractivity contribution in [1.29, 1.82) is 0 Å². The van der Waals surface area contributed by atoms with Gasteiger partial charge < -0.3 is 4.74 Å². The molecule has 0 bridgehead atoms. The van der Waals surface area contributed by atoms with Gasteiger partial charge in [-0.2, -0.15) is 0 Å². The second-order valence-electron chi connectivity index (χ2n) is 4.97. The summed E-state index contributed by atoms with van der Waals surface area (Å²) in [5.74, 6) is 0.924. The molecule has 2 heteroatoms. The summed E-state index contributed by atoms with van der Waals surface area (Å²) in [5.41, 5.74) is 6.29. The number of halogens is 1.